The van der Waals surface area contributed by atoms with Gasteiger partial charge in [0.25, 0.3) is 0 Å². The summed E-state index contributed by atoms with van der Waals surface area (Å²) in [6.45, 7) is 2.03. The fraction of sp³-hybridized carbons (Fsp3) is 0.300. The minimum absolute atomic E-state index is 0.00615. The third-order valence-electron chi connectivity index (χ3n) is 4.73. The molecule has 140 valence electrons. The molecule has 1 amide bonds. The van der Waals surface area contributed by atoms with E-state index in [0.29, 0.717) is 5.02 Å². The number of aromatic nitrogens is 1. The number of carbonyl (C=O) groups excluding carboxylic acids is 1. The minimum Gasteiger partial charge on any atom is -0.375 e. The summed E-state index contributed by atoms with van der Waals surface area (Å²) in [5, 5.41) is 7.90. The lowest BCUT2D eigenvalue weighted by Crippen LogP contribution is -2.46. The number of carbonyl (C=O) groups is 1. The van der Waals surface area contributed by atoms with E-state index in [9.17, 15) is 4.79 Å². The molecule has 2 N–H and O–H groups in total. The van der Waals surface area contributed by atoms with E-state index < -0.39 is 0 Å². The SMILES string of the molecule is O=C(CNc1ccccc1Cl)NC1CCN(c2nc3ccccc3s2)CC1. The Kier molecular flexibility index (Phi) is 5.45. The Hall–Kier alpha value is -2.31. The lowest BCUT2D eigenvalue weighted by molar-refractivity contribution is -0.120. The van der Waals surface area contributed by atoms with Crippen molar-refractivity contribution in [3.8, 4) is 0 Å². The molecule has 27 heavy (non-hydrogen) atoms. The predicted molar refractivity (Wildman–Crippen MR) is 113 cm³/mol. The molecule has 7 heteroatoms. The van der Waals surface area contributed by atoms with Gasteiger partial charge in [0.15, 0.2) is 5.13 Å². The van der Waals surface area contributed by atoms with Crippen LogP contribution in [0.2, 0.25) is 5.02 Å². The molecule has 1 aromatic heterocycles. The van der Waals surface area contributed by atoms with E-state index >= 15 is 0 Å². The third kappa shape index (κ3) is 4.34. The third-order valence-corrected chi connectivity index (χ3v) is 6.15. The van der Waals surface area contributed by atoms with Crippen LogP contribution in [-0.4, -0.2) is 36.6 Å². The number of nitrogens with zero attached hydrogens (tertiary/aromatic N) is 2. The van der Waals surface area contributed by atoms with Crippen molar-refractivity contribution < 1.29 is 4.79 Å². The van der Waals surface area contributed by atoms with E-state index in [0.717, 1.165) is 42.3 Å². The van der Waals surface area contributed by atoms with Gasteiger partial charge < -0.3 is 15.5 Å². The van der Waals surface area contributed by atoms with E-state index in [4.69, 9.17) is 16.6 Å². The second-order valence-electron chi connectivity index (χ2n) is 6.63. The number of para-hydroxylation sites is 2. The van der Waals surface area contributed by atoms with Crippen LogP contribution in [0.3, 0.4) is 0 Å². The number of hydrogen-bond acceptors (Lipinski definition) is 5. The lowest BCUT2D eigenvalue weighted by atomic mass is 10.1. The standard InChI is InChI=1S/C20H21ClN4OS/c21-15-5-1-2-6-16(15)22-13-19(26)23-14-9-11-25(12-10-14)20-24-17-7-3-4-8-18(17)27-20/h1-8,14,22H,9-13H2,(H,23,26). The number of amides is 1. The number of hydrogen-bond donors (Lipinski definition) is 2. The van der Waals surface area contributed by atoms with E-state index in [1.54, 1.807) is 17.4 Å². The van der Waals surface area contributed by atoms with Crippen LogP contribution in [0.25, 0.3) is 10.2 Å². The molecule has 5 nitrogen and oxygen atoms in total. The van der Waals surface area contributed by atoms with Crippen LogP contribution in [0, 0.1) is 0 Å². The van der Waals surface area contributed by atoms with Gasteiger partial charge in [-0.15, -0.1) is 0 Å². The lowest BCUT2D eigenvalue weighted by Gasteiger charge is -2.32. The number of fused-ring (bicyclic) bond motifs is 1. The molecule has 2 aromatic carbocycles. The Morgan fingerprint density at radius 1 is 1.15 bits per heavy atom. The summed E-state index contributed by atoms with van der Waals surface area (Å²) in [7, 11) is 0. The number of benzene rings is 2. The van der Waals surface area contributed by atoms with Crippen LogP contribution in [-0.2, 0) is 4.79 Å². The maximum absolute atomic E-state index is 12.2. The van der Waals surface area contributed by atoms with Crippen molar-refractivity contribution >= 4 is 49.9 Å². The van der Waals surface area contributed by atoms with Crippen molar-refractivity contribution in [3.63, 3.8) is 0 Å². The zero-order valence-electron chi connectivity index (χ0n) is 14.8. The van der Waals surface area contributed by atoms with Crippen LogP contribution in [0.5, 0.6) is 0 Å². The largest absolute Gasteiger partial charge is 0.375 e. The average molecular weight is 401 g/mol. The first-order valence-electron chi connectivity index (χ1n) is 9.07. The fourth-order valence-electron chi connectivity index (χ4n) is 3.27. The van der Waals surface area contributed by atoms with Crippen molar-refractivity contribution in [1.29, 1.82) is 0 Å². The molecule has 1 fully saturated rings. The van der Waals surface area contributed by atoms with Gasteiger partial charge in [-0.25, -0.2) is 4.98 Å². The molecule has 1 saturated heterocycles. The second-order valence-corrected chi connectivity index (χ2v) is 8.04. The Labute approximate surface area is 167 Å². The van der Waals surface area contributed by atoms with Gasteiger partial charge in [0.05, 0.1) is 27.5 Å². The Morgan fingerprint density at radius 3 is 2.67 bits per heavy atom. The van der Waals surface area contributed by atoms with Gasteiger partial charge in [0.2, 0.25) is 5.91 Å². The molecular weight excluding hydrogens is 380 g/mol. The van der Waals surface area contributed by atoms with Crippen molar-refractivity contribution in [2.75, 3.05) is 29.9 Å². The quantitative estimate of drug-likeness (QED) is 0.675. The van der Waals surface area contributed by atoms with E-state index in [2.05, 4.69) is 21.6 Å². The molecule has 4 rings (SSSR count). The van der Waals surface area contributed by atoms with Gasteiger partial charge in [-0.05, 0) is 37.1 Å². The number of anilines is 2. The highest BCUT2D eigenvalue weighted by Gasteiger charge is 2.22. The van der Waals surface area contributed by atoms with Crippen LogP contribution < -0.4 is 15.5 Å². The summed E-state index contributed by atoms with van der Waals surface area (Å²) in [5.74, 6) is -0.00615. The van der Waals surface area contributed by atoms with Crippen LogP contribution in [0.4, 0.5) is 10.8 Å². The van der Waals surface area contributed by atoms with Crippen molar-refractivity contribution in [1.82, 2.24) is 10.3 Å². The summed E-state index contributed by atoms with van der Waals surface area (Å²) in [4.78, 5) is 19.3. The molecule has 0 atom stereocenters. The van der Waals surface area contributed by atoms with Crippen LogP contribution >= 0.6 is 22.9 Å². The summed E-state index contributed by atoms with van der Waals surface area (Å²) in [6.07, 6.45) is 1.85. The molecular formula is C20H21ClN4OS. The summed E-state index contributed by atoms with van der Waals surface area (Å²) < 4.78 is 1.22. The first kappa shape index (κ1) is 18.1. The normalized spacial score (nSPS) is 15.1. The number of thiazole rings is 1. The monoisotopic (exact) mass is 400 g/mol. The van der Waals surface area contributed by atoms with Gasteiger partial charge in [-0.3, -0.25) is 4.79 Å². The maximum Gasteiger partial charge on any atom is 0.239 e. The summed E-state index contributed by atoms with van der Waals surface area (Å²) in [5.41, 5.74) is 1.83. The summed E-state index contributed by atoms with van der Waals surface area (Å²) >= 11 is 7.83. The van der Waals surface area contributed by atoms with Crippen molar-refractivity contribution in [2.24, 2.45) is 0 Å². The Morgan fingerprint density at radius 2 is 1.89 bits per heavy atom. The average Bonchev–Trinajstić information content (AvgIpc) is 3.12. The number of halogens is 1. The first-order chi connectivity index (χ1) is 13.2. The van der Waals surface area contributed by atoms with Crippen molar-refractivity contribution in [2.45, 2.75) is 18.9 Å². The maximum atomic E-state index is 12.2. The predicted octanol–water partition coefficient (Wildman–Crippen LogP) is 4.15. The van der Waals surface area contributed by atoms with Gasteiger partial charge in [0.1, 0.15) is 0 Å². The summed E-state index contributed by atoms with van der Waals surface area (Å²) in [6, 6.07) is 15.9. The van der Waals surface area contributed by atoms with Crippen LogP contribution in [0.15, 0.2) is 48.5 Å². The molecule has 2 heterocycles. The molecule has 0 spiro atoms. The van der Waals surface area contributed by atoms with Crippen LogP contribution in [0.1, 0.15) is 12.8 Å². The molecule has 1 aliphatic heterocycles. The van der Waals surface area contributed by atoms with Crippen molar-refractivity contribution in [3.05, 3.63) is 53.6 Å². The van der Waals surface area contributed by atoms with Gasteiger partial charge in [-0.2, -0.15) is 0 Å². The number of piperidine rings is 1. The van der Waals surface area contributed by atoms with E-state index in [1.165, 1.54) is 4.70 Å². The van der Waals surface area contributed by atoms with E-state index in [-0.39, 0.29) is 18.5 Å². The highest BCUT2D eigenvalue weighted by atomic mass is 35.5. The smallest absolute Gasteiger partial charge is 0.239 e. The number of rotatable bonds is 5. The van der Waals surface area contributed by atoms with Gasteiger partial charge >= 0.3 is 0 Å². The molecule has 0 radical (unpaired) electrons. The molecule has 0 saturated carbocycles. The zero-order valence-corrected chi connectivity index (χ0v) is 16.4. The van der Waals surface area contributed by atoms with Gasteiger partial charge in [0, 0.05) is 19.1 Å². The van der Waals surface area contributed by atoms with E-state index in [1.807, 2.05) is 36.4 Å². The number of nitrogens with one attached hydrogen (secondary N) is 2. The molecule has 1 aliphatic rings. The zero-order chi connectivity index (χ0) is 18.6. The highest BCUT2D eigenvalue weighted by Crippen LogP contribution is 2.30. The molecule has 3 aromatic rings. The molecule has 0 bridgehead atoms. The first-order valence-corrected chi connectivity index (χ1v) is 10.3. The topological polar surface area (TPSA) is 57.3 Å². The Bertz CT molecular complexity index is 903. The highest BCUT2D eigenvalue weighted by molar-refractivity contribution is 7.22. The Balaban J connectivity index is 1.26. The second kappa shape index (κ2) is 8.15. The fourth-order valence-corrected chi connectivity index (χ4v) is 4.49. The minimum atomic E-state index is -0.00615. The van der Waals surface area contributed by atoms with Gasteiger partial charge in [-0.1, -0.05) is 47.2 Å². The molecule has 0 aliphatic carbocycles. The molecule has 0 unspecified atom stereocenters.